The topological polar surface area (TPSA) is 46.9 Å². The summed E-state index contributed by atoms with van der Waals surface area (Å²) in [6, 6.07) is 16.7. The summed E-state index contributed by atoms with van der Waals surface area (Å²) in [6.07, 6.45) is 0. The van der Waals surface area contributed by atoms with Gasteiger partial charge in [-0.05, 0) is 55.5 Å². The molecule has 8 heteroatoms. The van der Waals surface area contributed by atoms with E-state index in [9.17, 15) is 4.79 Å². The third kappa shape index (κ3) is 4.70. The molecule has 1 N–H and O–H groups in total. The van der Waals surface area contributed by atoms with E-state index in [1.54, 1.807) is 16.8 Å². The van der Waals surface area contributed by atoms with E-state index in [1.165, 1.54) is 23.1 Å². The molecule has 1 aromatic heterocycles. The third-order valence-electron chi connectivity index (χ3n) is 3.29. The van der Waals surface area contributed by atoms with Crippen LogP contribution in [0.4, 0.5) is 5.69 Å². The van der Waals surface area contributed by atoms with Gasteiger partial charge in [-0.25, -0.2) is 4.68 Å². The molecule has 0 aliphatic carbocycles. The molecule has 25 heavy (non-hydrogen) atoms. The van der Waals surface area contributed by atoms with Crippen LogP contribution in [0.3, 0.4) is 0 Å². The van der Waals surface area contributed by atoms with Crippen LogP contribution in [0.5, 0.6) is 0 Å². The minimum atomic E-state index is -0.292. The summed E-state index contributed by atoms with van der Waals surface area (Å²) in [7, 11) is 0. The van der Waals surface area contributed by atoms with E-state index in [1.807, 2.05) is 49.4 Å². The number of anilines is 1. The Morgan fingerprint density at radius 1 is 1.24 bits per heavy atom. The van der Waals surface area contributed by atoms with E-state index in [4.69, 9.17) is 23.8 Å². The number of carbonyl (C=O) groups excluding carboxylic acids is 1. The first-order chi connectivity index (χ1) is 12.0. The van der Waals surface area contributed by atoms with Crippen LogP contribution in [0.2, 0.25) is 5.02 Å². The maximum atomic E-state index is 12.3. The van der Waals surface area contributed by atoms with E-state index >= 15 is 0 Å². The first-order valence-corrected chi connectivity index (χ1v) is 9.90. The van der Waals surface area contributed by atoms with E-state index in [0.29, 0.717) is 8.98 Å². The van der Waals surface area contributed by atoms with Gasteiger partial charge in [0.25, 0.3) is 0 Å². The Balaban J connectivity index is 1.70. The number of benzene rings is 2. The highest BCUT2D eigenvalue weighted by Crippen LogP contribution is 2.28. The second-order valence-corrected chi connectivity index (χ2v) is 8.78. The maximum absolute atomic E-state index is 12.3. The number of halogens is 1. The second kappa shape index (κ2) is 8.14. The summed E-state index contributed by atoms with van der Waals surface area (Å²) in [5.74, 6) is -0.0737. The minimum absolute atomic E-state index is 0.0737. The number of para-hydroxylation sites is 1. The zero-order chi connectivity index (χ0) is 17.8. The van der Waals surface area contributed by atoms with Crippen molar-refractivity contribution in [3.05, 3.63) is 63.6 Å². The van der Waals surface area contributed by atoms with Gasteiger partial charge in [0.1, 0.15) is 0 Å². The predicted molar refractivity (Wildman–Crippen MR) is 108 cm³/mol. The molecule has 0 fully saturated rings. The van der Waals surface area contributed by atoms with Crippen molar-refractivity contribution < 1.29 is 4.79 Å². The quantitative estimate of drug-likeness (QED) is 0.452. The van der Waals surface area contributed by atoms with Gasteiger partial charge in [0.15, 0.2) is 8.29 Å². The number of thioether (sulfide) groups is 1. The number of hydrogen-bond donors (Lipinski definition) is 1. The molecule has 0 radical (unpaired) electrons. The predicted octanol–water partition coefficient (Wildman–Crippen LogP) is 5.44. The van der Waals surface area contributed by atoms with Gasteiger partial charge < -0.3 is 5.32 Å². The van der Waals surface area contributed by atoms with Crippen molar-refractivity contribution in [1.29, 1.82) is 0 Å². The molecule has 1 atom stereocenters. The Bertz CT molecular complexity index is 922. The van der Waals surface area contributed by atoms with E-state index in [-0.39, 0.29) is 11.2 Å². The van der Waals surface area contributed by atoms with Crippen LogP contribution in [0.25, 0.3) is 5.69 Å². The summed E-state index contributed by atoms with van der Waals surface area (Å²) in [6.45, 7) is 1.85. The van der Waals surface area contributed by atoms with Crippen LogP contribution in [0.1, 0.15) is 6.92 Å². The summed E-state index contributed by atoms with van der Waals surface area (Å²) in [4.78, 5) is 12.3. The van der Waals surface area contributed by atoms with Crippen molar-refractivity contribution in [3.63, 3.8) is 0 Å². The van der Waals surface area contributed by atoms with Gasteiger partial charge in [-0.2, -0.15) is 0 Å². The van der Waals surface area contributed by atoms with Gasteiger partial charge in [-0.3, -0.25) is 4.79 Å². The zero-order valence-electron chi connectivity index (χ0n) is 13.2. The minimum Gasteiger partial charge on any atom is -0.325 e. The van der Waals surface area contributed by atoms with Gasteiger partial charge in [-0.1, -0.05) is 52.9 Å². The molecule has 0 aliphatic rings. The molecule has 0 saturated heterocycles. The number of carbonyl (C=O) groups is 1. The normalized spacial score (nSPS) is 11.9. The Hall–Kier alpha value is -1.67. The van der Waals surface area contributed by atoms with Crippen molar-refractivity contribution in [3.8, 4) is 5.69 Å². The number of nitrogens with one attached hydrogen (secondary N) is 1. The fraction of sp³-hybridized carbons (Fsp3) is 0.118. The van der Waals surface area contributed by atoms with Gasteiger partial charge in [0.2, 0.25) is 5.91 Å². The standard InChI is InChI=1S/C17H14ClN3OS3/c1-11(15(22)19-13-5-3-2-4-6-13)24-16-20-21(17(23)25-16)14-9-7-12(18)8-10-14/h2-11H,1H3,(H,19,22). The SMILES string of the molecule is CC(Sc1nn(-c2ccc(Cl)cc2)c(=S)s1)C(=O)Nc1ccccc1. The van der Waals surface area contributed by atoms with Crippen LogP contribution in [-0.2, 0) is 4.79 Å². The summed E-state index contributed by atoms with van der Waals surface area (Å²) in [5.41, 5.74) is 1.62. The van der Waals surface area contributed by atoms with E-state index in [2.05, 4.69) is 10.4 Å². The van der Waals surface area contributed by atoms with Crippen molar-refractivity contribution in [2.45, 2.75) is 16.5 Å². The molecular weight excluding hydrogens is 394 g/mol. The number of nitrogens with zero attached hydrogens (tertiary/aromatic N) is 2. The van der Waals surface area contributed by atoms with Gasteiger partial charge >= 0.3 is 0 Å². The Kier molecular flexibility index (Phi) is 5.90. The molecule has 4 nitrogen and oxygen atoms in total. The lowest BCUT2D eigenvalue weighted by molar-refractivity contribution is -0.115. The third-order valence-corrected chi connectivity index (χ3v) is 5.96. The first-order valence-electron chi connectivity index (χ1n) is 7.41. The van der Waals surface area contributed by atoms with Crippen LogP contribution < -0.4 is 5.32 Å². The molecule has 1 amide bonds. The van der Waals surface area contributed by atoms with Crippen LogP contribution in [0.15, 0.2) is 58.9 Å². The van der Waals surface area contributed by atoms with E-state index in [0.717, 1.165) is 15.7 Å². The molecule has 1 unspecified atom stereocenters. The van der Waals surface area contributed by atoms with Gasteiger partial charge in [0.05, 0.1) is 10.9 Å². The van der Waals surface area contributed by atoms with Gasteiger partial charge in [-0.15, -0.1) is 5.10 Å². The summed E-state index contributed by atoms with van der Waals surface area (Å²) < 4.78 is 3.05. The fourth-order valence-electron chi connectivity index (χ4n) is 2.02. The molecule has 0 saturated carbocycles. The lowest BCUT2D eigenvalue weighted by Gasteiger charge is -2.10. The molecule has 0 bridgehead atoms. The second-order valence-electron chi connectivity index (χ2n) is 5.14. The monoisotopic (exact) mass is 407 g/mol. The van der Waals surface area contributed by atoms with Crippen LogP contribution in [0, 0.1) is 3.95 Å². The lowest BCUT2D eigenvalue weighted by Crippen LogP contribution is -2.22. The Morgan fingerprint density at radius 2 is 1.92 bits per heavy atom. The molecule has 0 aliphatic heterocycles. The van der Waals surface area contributed by atoms with Crippen LogP contribution >= 0.6 is 46.9 Å². The smallest absolute Gasteiger partial charge is 0.237 e. The zero-order valence-corrected chi connectivity index (χ0v) is 16.4. The molecule has 128 valence electrons. The van der Waals surface area contributed by atoms with Crippen molar-refractivity contribution in [2.24, 2.45) is 0 Å². The van der Waals surface area contributed by atoms with Gasteiger partial charge in [0, 0.05) is 10.7 Å². The summed E-state index contributed by atoms with van der Waals surface area (Å²) >= 11 is 14.1. The molecular formula is C17H14ClN3OS3. The molecule has 3 rings (SSSR count). The lowest BCUT2D eigenvalue weighted by atomic mass is 10.3. The first kappa shape index (κ1) is 18.1. The van der Waals surface area contributed by atoms with Crippen molar-refractivity contribution in [2.75, 3.05) is 5.32 Å². The molecule has 1 heterocycles. The highest BCUT2D eigenvalue weighted by atomic mass is 35.5. The highest BCUT2D eigenvalue weighted by Gasteiger charge is 2.17. The number of rotatable bonds is 5. The number of aromatic nitrogens is 2. The Labute approximate surface area is 163 Å². The molecule has 2 aromatic carbocycles. The summed E-state index contributed by atoms with van der Waals surface area (Å²) in [5, 5.41) is 7.77. The largest absolute Gasteiger partial charge is 0.325 e. The van der Waals surface area contributed by atoms with Crippen LogP contribution in [-0.4, -0.2) is 20.9 Å². The Morgan fingerprint density at radius 3 is 2.60 bits per heavy atom. The van der Waals surface area contributed by atoms with E-state index < -0.39 is 0 Å². The average molecular weight is 408 g/mol. The van der Waals surface area contributed by atoms with Crippen molar-refractivity contribution in [1.82, 2.24) is 9.78 Å². The number of hydrogen-bond acceptors (Lipinski definition) is 5. The highest BCUT2D eigenvalue weighted by molar-refractivity contribution is 8.02. The van der Waals surface area contributed by atoms with Crippen molar-refractivity contribution >= 4 is 58.5 Å². The average Bonchev–Trinajstić information content (AvgIpc) is 2.96. The number of amides is 1. The molecule has 3 aromatic rings. The fourth-order valence-corrected chi connectivity index (χ4v) is 4.66. The maximum Gasteiger partial charge on any atom is 0.237 e. The molecule has 0 spiro atoms.